The van der Waals surface area contributed by atoms with Gasteiger partial charge in [-0.1, -0.05) is 11.5 Å². The van der Waals surface area contributed by atoms with Gasteiger partial charge in [0.2, 0.25) is 11.8 Å². The number of benzene rings is 1. The molecular weight excluding hydrogens is 537 g/mol. The largest absolute Gasteiger partial charge is 0.406 e. The first kappa shape index (κ1) is 27.2. The van der Waals surface area contributed by atoms with Gasteiger partial charge in [0.1, 0.15) is 14.4 Å². The summed E-state index contributed by atoms with van der Waals surface area (Å²) in [5.41, 5.74) is 4.63. The molecule has 1 saturated heterocycles. The van der Waals surface area contributed by atoms with Crippen molar-refractivity contribution in [3.8, 4) is 0 Å². The lowest BCUT2D eigenvalue weighted by atomic mass is 9.83. The van der Waals surface area contributed by atoms with Crippen LogP contribution in [0.3, 0.4) is 0 Å². The topological polar surface area (TPSA) is 120 Å². The summed E-state index contributed by atoms with van der Waals surface area (Å²) >= 11 is 0. The Kier molecular flexibility index (Phi) is 6.69. The van der Waals surface area contributed by atoms with Gasteiger partial charge in [0.15, 0.2) is 13.5 Å². The highest BCUT2D eigenvalue weighted by molar-refractivity contribution is 6.43. The summed E-state index contributed by atoms with van der Waals surface area (Å²) in [4.78, 5) is 48.9. The van der Waals surface area contributed by atoms with Gasteiger partial charge in [-0.2, -0.15) is 18.3 Å². The molecule has 0 aliphatic carbocycles. The molecule has 5 heterocycles. The molecule has 6 rings (SSSR count). The van der Waals surface area contributed by atoms with Gasteiger partial charge in [0, 0.05) is 49.3 Å². The van der Waals surface area contributed by atoms with Crippen LogP contribution in [0.25, 0.3) is 22.1 Å². The maximum absolute atomic E-state index is 13.6. The number of imidazole rings is 1. The van der Waals surface area contributed by atoms with Crippen LogP contribution >= 0.6 is 0 Å². The zero-order chi connectivity index (χ0) is 29.1. The molecule has 4 aromatic rings. The lowest BCUT2D eigenvalue weighted by molar-refractivity contribution is -0.165. The number of H-pyrrole nitrogens is 2. The van der Waals surface area contributed by atoms with E-state index in [1.165, 1.54) is 0 Å². The van der Waals surface area contributed by atoms with Gasteiger partial charge in [-0.25, -0.2) is 9.78 Å². The van der Waals surface area contributed by atoms with Gasteiger partial charge in [0.25, 0.3) is 0 Å². The van der Waals surface area contributed by atoms with Crippen LogP contribution in [0, 0.1) is 5.92 Å². The van der Waals surface area contributed by atoms with Crippen LogP contribution in [0.1, 0.15) is 36.4 Å². The van der Waals surface area contributed by atoms with Crippen molar-refractivity contribution in [2.45, 2.75) is 44.4 Å². The number of amides is 2. The third-order valence-corrected chi connectivity index (χ3v) is 8.36. The predicted octanol–water partition coefficient (Wildman–Crippen LogP) is -0.565. The highest BCUT2D eigenvalue weighted by Crippen LogP contribution is 2.32. The highest BCUT2D eigenvalue weighted by atomic mass is 19.4. The van der Waals surface area contributed by atoms with Crippen LogP contribution in [-0.2, 0) is 22.6 Å². The minimum atomic E-state index is -4.58. The number of piperidine rings is 1. The number of halogens is 3. The zero-order valence-electron chi connectivity index (χ0n) is 22.7. The quantitative estimate of drug-likeness (QED) is 0.322. The Morgan fingerprint density at radius 1 is 1.17 bits per heavy atom. The third-order valence-electron chi connectivity index (χ3n) is 8.36. The van der Waals surface area contributed by atoms with E-state index in [1.807, 2.05) is 20.0 Å². The Morgan fingerprint density at radius 2 is 1.93 bits per heavy atom. The van der Waals surface area contributed by atoms with Crippen molar-refractivity contribution in [3.05, 3.63) is 46.0 Å². The summed E-state index contributed by atoms with van der Waals surface area (Å²) in [5.74, 6) is -1.87. The van der Waals surface area contributed by atoms with Crippen molar-refractivity contribution >= 4 is 60.6 Å². The lowest BCUT2D eigenvalue weighted by Gasteiger charge is -2.33. The second-order valence-corrected chi connectivity index (χ2v) is 11.1. The van der Waals surface area contributed by atoms with Crippen molar-refractivity contribution in [3.63, 3.8) is 0 Å². The standard InChI is InChI=1S/C26H28B2F3N7O3/c27-17-9-13-8-14(24(40)37(12-26(29,30)31)11-16(13)20-21(17)34-35-22(20)28)10-19(39)36-6-3-15(4-7-36)38-18-2-1-5-32-23(18)33-25(38)41/h1-2,5,9,14-15H,3-4,6-8,10-12,27-28H2,(H,34,35)(H,32,33,41)/t14-/m0/s1. The first-order valence-corrected chi connectivity index (χ1v) is 13.6. The fourth-order valence-corrected chi connectivity index (χ4v) is 6.45. The van der Waals surface area contributed by atoms with Crippen LogP contribution in [0.5, 0.6) is 0 Å². The van der Waals surface area contributed by atoms with E-state index < -0.39 is 24.5 Å². The molecule has 0 radical (unpaired) electrons. The van der Waals surface area contributed by atoms with Gasteiger partial charge in [-0.3, -0.25) is 24.2 Å². The second kappa shape index (κ2) is 10.1. The molecule has 1 fully saturated rings. The molecule has 1 aromatic carbocycles. The van der Waals surface area contributed by atoms with Crippen molar-refractivity contribution in [1.82, 2.24) is 34.5 Å². The Morgan fingerprint density at radius 3 is 2.66 bits per heavy atom. The lowest BCUT2D eigenvalue weighted by Crippen LogP contribution is -2.44. The number of pyridine rings is 1. The molecular formula is C26H28B2F3N7O3. The molecule has 2 amide bonds. The van der Waals surface area contributed by atoms with Crippen molar-refractivity contribution < 1.29 is 22.8 Å². The smallest absolute Gasteiger partial charge is 0.343 e. The van der Waals surface area contributed by atoms with E-state index in [0.29, 0.717) is 48.3 Å². The van der Waals surface area contributed by atoms with Crippen LogP contribution in [-0.4, -0.2) is 87.8 Å². The maximum atomic E-state index is 13.6. The van der Waals surface area contributed by atoms with Gasteiger partial charge in [0.05, 0.1) is 17.0 Å². The first-order valence-electron chi connectivity index (χ1n) is 13.6. The summed E-state index contributed by atoms with van der Waals surface area (Å²) in [6, 6.07) is 5.34. The minimum absolute atomic E-state index is 0.123. The summed E-state index contributed by atoms with van der Waals surface area (Å²) in [7, 11) is 3.67. The molecule has 0 saturated carbocycles. The van der Waals surface area contributed by atoms with Crippen molar-refractivity contribution in [2.75, 3.05) is 19.6 Å². The van der Waals surface area contributed by atoms with Crippen LogP contribution in [0.2, 0.25) is 0 Å². The number of alkyl halides is 3. The number of nitrogens with zero attached hydrogens (tertiary/aromatic N) is 5. The van der Waals surface area contributed by atoms with Crippen molar-refractivity contribution in [2.24, 2.45) is 5.92 Å². The molecule has 3 aromatic heterocycles. The fourth-order valence-electron chi connectivity index (χ4n) is 6.45. The molecule has 0 spiro atoms. The van der Waals surface area contributed by atoms with E-state index in [1.54, 1.807) is 29.6 Å². The molecule has 10 nitrogen and oxygen atoms in total. The molecule has 2 aliphatic rings. The summed E-state index contributed by atoms with van der Waals surface area (Å²) in [5, 5.41) is 7.94. The van der Waals surface area contributed by atoms with Gasteiger partial charge < -0.3 is 9.80 Å². The molecule has 2 N–H and O–H groups in total. The van der Waals surface area contributed by atoms with Crippen LogP contribution in [0.4, 0.5) is 13.2 Å². The average molecular weight is 565 g/mol. The Labute approximate surface area is 234 Å². The number of carbonyl (C=O) groups excluding carboxylic acids is 2. The van der Waals surface area contributed by atoms with E-state index >= 15 is 0 Å². The van der Waals surface area contributed by atoms with Crippen molar-refractivity contribution in [1.29, 1.82) is 0 Å². The van der Waals surface area contributed by atoms with E-state index in [0.717, 1.165) is 26.8 Å². The maximum Gasteiger partial charge on any atom is 0.406 e. The monoisotopic (exact) mass is 565 g/mol. The fraction of sp³-hybridized carbons (Fsp3) is 0.423. The number of hydrogen-bond acceptors (Lipinski definition) is 5. The van der Waals surface area contributed by atoms with E-state index in [-0.39, 0.29) is 37.0 Å². The average Bonchev–Trinajstić information content (AvgIpc) is 3.44. The van der Waals surface area contributed by atoms with Crippen LogP contribution < -0.4 is 16.7 Å². The van der Waals surface area contributed by atoms with Gasteiger partial charge in [-0.15, -0.1) is 0 Å². The molecule has 15 heteroatoms. The minimum Gasteiger partial charge on any atom is -0.343 e. The van der Waals surface area contributed by atoms with Gasteiger partial charge >= 0.3 is 11.9 Å². The predicted molar refractivity (Wildman–Crippen MR) is 151 cm³/mol. The Hall–Kier alpha value is -4.03. The van der Waals surface area contributed by atoms with Crippen LogP contribution in [0.15, 0.2) is 29.2 Å². The number of rotatable bonds is 4. The Bertz CT molecular complexity index is 1720. The summed E-state index contributed by atoms with van der Waals surface area (Å²) in [6.45, 7) is -0.835. The number of likely N-dealkylation sites (tertiary alicyclic amines) is 1. The number of carbonyl (C=O) groups is 2. The molecule has 0 unspecified atom stereocenters. The molecule has 2 aliphatic heterocycles. The third kappa shape index (κ3) is 5.02. The van der Waals surface area contributed by atoms with E-state index in [2.05, 4.69) is 20.2 Å². The molecule has 1 atom stereocenters. The second-order valence-electron chi connectivity index (χ2n) is 11.1. The first-order chi connectivity index (χ1) is 19.5. The molecule has 41 heavy (non-hydrogen) atoms. The number of aromatic amines is 2. The number of hydrogen-bond donors (Lipinski definition) is 2. The SMILES string of the molecule is Bc1cc2c(c3c(B)n[nH]c13)CN(CC(F)(F)F)C(=O)[C@H](CC(=O)N1CCC(n3c(=O)[nH]c4ncccc43)CC1)C2. The normalized spacial score (nSPS) is 18.7. The number of aromatic nitrogens is 5. The summed E-state index contributed by atoms with van der Waals surface area (Å²) < 4.78 is 42.4. The Balaban J connectivity index is 1.23. The zero-order valence-corrected chi connectivity index (χ0v) is 22.7. The summed E-state index contributed by atoms with van der Waals surface area (Å²) in [6.07, 6.45) is -1.92. The van der Waals surface area contributed by atoms with E-state index in [9.17, 15) is 27.6 Å². The highest BCUT2D eigenvalue weighted by Gasteiger charge is 2.40. The molecule has 0 bridgehead atoms. The number of fused-ring (bicyclic) bond motifs is 4. The molecule has 212 valence electrons. The van der Waals surface area contributed by atoms with Gasteiger partial charge in [-0.05, 0) is 42.5 Å². The number of nitrogens with one attached hydrogen (secondary N) is 2. The van der Waals surface area contributed by atoms with E-state index in [4.69, 9.17) is 0 Å².